The summed E-state index contributed by atoms with van der Waals surface area (Å²) >= 11 is 0. The third kappa shape index (κ3) is 6.00. The monoisotopic (exact) mass is 674 g/mol. The summed E-state index contributed by atoms with van der Waals surface area (Å²) in [4.78, 5) is 28.8. The van der Waals surface area contributed by atoms with Crippen LogP contribution in [0.2, 0.25) is 0 Å². The van der Waals surface area contributed by atoms with Crippen LogP contribution in [0.3, 0.4) is 0 Å². The molecular weight excluding hydrogens is 637 g/mol. The number of hydrogen-bond donors (Lipinski definition) is 0. The summed E-state index contributed by atoms with van der Waals surface area (Å²) < 4.78 is 0. The van der Waals surface area contributed by atoms with Gasteiger partial charge in [0.1, 0.15) is 11.6 Å². The molecule has 0 atom stereocenters. The first-order chi connectivity index (χ1) is 25.5. The van der Waals surface area contributed by atoms with Crippen LogP contribution in [0.15, 0.2) is 133 Å². The van der Waals surface area contributed by atoms with Gasteiger partial charge in [0.05, 0.1) is 0 Å². The first-order valence-corrected chi connectivity index (χ1v) is 18.2. The summed E-state index contributed by atoms with van der Waals surface area (Å²) in [6.45, 7) is 3.88. The lowest BCUT2D eigenvalue weighted by molar-refractivity contribution is 0.346. The summed E-state index contributed by atoms with van der Waals surface area (Å²) in [6.07, 6.45) is 5.89. The largest absolute Gasteiger partial charge is 0.213 e. The van der Waals surface area contributed by atoms with Crippen molar-refractivity contribution in [1.29, 1.82) is 0 Å². The molecule has 1 aliphatic rings. The Kier molecular flexibility index (Phi) is 8.08. The van der Waals surface area contributed by atoms with Gasteiger partial charge in [0, 0.05) is 27.7 Å². The van der Waals surface area contributed by atoms with Gasteiger partial charge in [-0.25, -0.2) is 29.9 Å². The summed E-state index contributed by atoms with van der Waals surface area (Å²) in [5, 5.41) is 4.74. The molecule has 0 unspecified atom stereocenters. The van der Waals surface area contributed by atoms with Crippen molar-refractivity contribution in [2.75, 3.05) is 0 Å². The van der Waals surface area contributed by atoms with Crippen LogP contribution < -0.4 is 0 Å². The summed E-state index contributed by atoms with van der Waals surface area (Å²) in [5.74, 6) is 4.19. The summed E-state index contributed by atoms with van der Waals surface area (Å²) in [5.41, 5.74) is 6.56. The number of benzene rings is 6. The van der Waals surface area contributed by atoms with Crippen molar-refractivity contribution < 1.29 is 0 Å². The fourth-order valence-corrected chi connectivity index (χ4v) is 7.91. The Morgan fingerprint density at radius 3 is 1.15 bits per heavy atom. The molecule has 2 heterocycles. The molecule has 52 heavy (non-hydrogen) atoms. The summed E-state index contributed by atoms with van der Waals surface area (Å²) in [7, 11) is 0. The molecule has 0 spiro atoms. The highest BCUT2D eigenvalue weighted by Crippen LogP contribution is 2.45. The molecule has 2 aromatic heterocycles. The molecule has 0 radical (unpaired) electrons. The van der Waals surface area contributed by atoms with Crippen LogP contribution in [0, 0.1) is 13.8 Å². The molecule has 0 aliphatic heterocycles. The molecule has 1 saturated carbocycles. The van der Waals surface area contributed by atoms with Gasteiger partial charge in [-0.1, -0.05) is 141 Å². The van der Waals surface area contributed by atoms with Gasteiger partial charge in [-0.3, -0.25) is 0 Å². The predicted octanol–water partition coefficient (Wildman–Crippen LogP) is 10.9. The van der Waals surface area contributed by atoms with Gasteiger partial charge in [0.2, 0.25) is 0 Å². The molecule has 0 amide bonds. The zero-order valence-corrected chi connectivity index (χ0v) is 29.4. The Morgan fingerprint density at radius 1 is 0.365 bits per heavy atom. The third-order valence-electron chi connectivity index (χ3n) is 10.6. The van der Waals surface area contributed by atoms with Crippen LogP contribution in [0.5, 0.6) is 0 Å². The zero-order chi connectivity index (χ0) is 35.1. The van der Waals surface area contributed by atoms with E-state index in [4.69, 9.17) is 29.9 Å². The number of fused-ring (bicyclic) bond motifs is 2. The minimum absolute atomic E-state index is 0.0636. The van der Waals surface area contributed by atoms with Crippen molar-refractivity contribution in [3.63, 3.8) is 0 Å². The molecule has 6 heteroatoms. The molecule has 0 saturated heterocycles. The third-order valence-corrected chi connectivity index (χ3v) is 10.6. The first-order valence-electron chi connectivity index (χ1n) is 18.2. The normalized spacial score (nSPS) is 14.1. The van der Waals surface area contributed by atoms with Crippen LogP contribution in [0.25, 0.3) is 67.1 Å². The topological polar surface area (TPSA) is 77.3 Å². The first kappa shape index (κ1) is 31.8. The van der Waals surface area contributed by atoms with Gasteiger partial charge in [0.15, 0.2) is 23.3 Å². The van der Waals surface area contributed by atoms with E-state index in [0.29, 0.717) is 34.9 Å². The minimum atomic E-state index is -0.0636. The SMILES string of the molecule is Cc1nc(-c2ccc(C3(c4ccc(-c5nc(C)nc(-c6ccc7ccccc7c6)n5)cc4)CCCCC3)cc2)nc(-c2ccc3ccccc3c2)n1. The van der Waals surface area contributed by atoms with Crippen LogP contribution >= 0.6 is 0 Å². The molecule has 0 N–H and O–H groups in total. The quantitative estimate of drug-likeness (QED) is 0.175. The standard InChI is InChI=1S/C46H38N6/c1-30-47-42(51-44(49-30)38-16-14-32-10-4-6-12-36(32)28-38)34-18-22-40(23-19-34)46(26-8-3-9-27-46)41-24-20-35(21-25-41)43-48-31(2)50-45(52-43)39-17-15-33-11-5-7-13-37(33)29-39/h4-7,10-25,28-29H,3,8-9,26-27H2,1-2H3. The molecule has 1 aliphatic carbocycles. The van der Waals surface area contributed by atoms with Gasteiger partial charge in [-0.05, 0) is 71.5 Å². The lowest BCUT2D eigenvalue weighted by Crippen LogP contribution is -2.30. The number of aryl methyl sites for hydroxylation is 2. The van der Waals surface area contributed by atoms with E-state index in [0.717, 1.165) is 35.1 Å². The summed E-state index contributed by atoms with van der Waals surface area (Å²) in [6, 6.07) is 47.3. The van der Waals surface area contributed by atoms with Crippen LogP contribution in [0.1, 0.15) is 54.9 Å². The Balaban J connectivity index is 1.02. The van der Waals surface area contributed by atoms with Gasteiger partial charge in [-0.15, -0.1) is 0 Å². The van der Waals surface area contributed by atoms with Crippen molar-refractivity contribution in [2.45, 2.75) is 51.4 Å². The van der Waals surface area contributed by atoms with E-state index >= 15 is 0 Å². The van der Waals surface area contributed by atoms with Crippen molar-refractivity contribution >= 4 is 21.5 Å². The Labute approximate surface area is 303 Å². The van der Waals surface area contributed by atoms with E-state index in [1.165, 1.54) is 51.9 Å². The number of aromatic nitrogens is 6. The highest BCUT2D eigenvalue weighted by Gasteiger charge is 2.35. The Hall–Kier alpha value is -6.14. The number of nitrogens with zero attached hydrogens (tertiary/aromatic N) is 6. The second-order valence-corrected chi connectivity index (χ2v) is 14.0. The predicted molar refractivity (Wildman–Crippen MR) is 210 cm³/mol. The Morgan fingerprint density at radius 2 is 0.731 bits per heavy atom. The Bertz CT molecular complexity index is 2400. The number of hydrogen-bond acceptors (Lipinski definition) is 6. The van der Waals surface area contributed by atoms with E-state index in [-0.39, 0.29) is 5.41 Å². The molecule has 6 nitrogen and oxygen atoms in total. The highest BCUT2D eigenvalue weighted by molar-refractivity contribution is 5.87. The smallest absolute Gasteiger partial charge is 0.163 e. The van der Waals surface area contributed by atoms with Gasteiger partial charge < -0.3 is 0 Å². The molecular formula is C46H38N6. The van der Waals surface area contributed by atoms with Crippen molar-refractivity contribution in [1.82, 2.24) is 29.9 Å². The van der Waals surface area contributed by atoms with Crippen molar-refractivity contribution in [3.05, 3.63) is 156 Å². The van der Waals surface area contributed by atoms with Gasteiger partial charge in [-0.2, -0.15) is 0 Å². The second-order valence-electron chi connectivity index (χ2n) is 14.0. The maximum absolute atomic E-state index is 4.94. The van der Waals surface area contributed by atoms with Crippen LogP contribution in [-0.2, 0) is 5.41 Å². The molecule has 1 fully saturated rings. The molecule has 0 bridgehead atoms. The van der Waals surface area contributed by atoms with E-state index < -0.39 is 0 Å². The highest BCUT2D eigenvalue weighted by atomic mass is 15.0. The fraction of sp³-hybridized carbons (Fsp3) is 0.174. The minimum Gasteiger partial charge on any atom is -0.213 e. The maximum Gasteiger partial charge on any atom is 0.163 e. The zero-order valence-electron chi connectivity index (χ0n) is 29.4. The lowest BCUT2D eigenvalue weighted by Gasteiger charge is -2.39. The average molecular weight is 675 g/mol. The fourth-order valence-electron chi connectivity index (χ4n) is 7.91. The second kappa shape index (κ2) is 13.2. The van der Waals surface area contributed by atoms with Crippen molar-refractivity contribution in [3.8, 4) is 45.6 Å². The molecule has 9 rings (SSSR count). The van der Waals surface area contributed by atoms with Crippen LogP contribution in [-0.4, -0.2) is 29.9 Å². The lowest BCUT2D eigenvalue weighted by atomic mass is 9.65. The van der Waals surface area contributed by atoms with Crippen molar-refractivity contribution in [2.24, 2.45) is 0 Å². The average Bonchev–Trinajstić information content (AvgIpc) is 3.20. The number of rotatable bonds is 6. The molecule has 6 aromatic carbocycles. The van der Waals surface area contributed by atoms with Crippen LogP contribution in [0.4, 0.5) is 0 Å². The molecule has 252 valence electrons. The molecule has 8 aromatic rings. The van der Waals surface area contributed by atoms with Gasteiger partial charge >= 0.3 is 0 Å². The van der Waals surface area contributed by atoms with Gasteiger partial charge in [0.25, 0.3) is 0 Å². The van der Waals surface area contributed by atoms with E-state index in [1.807, 2.05) is 13.8 Å². The maximum atomic E-state index is 4.94. The van der Waals surface area contributed by atoms with E-state index in [2.05, 4.69) is 133 Å². The van der Waals surface area contributed by atoms with E-state index in [9.17, 15) is 0 Å². The van der Waals surface area contributed by atoms with E-state index in [1.54, 1.807) is 0 Å².